The molecule has 0 aliphatic heterocycles. The first-order valence-corrected chi connectivity index (χ1v) is 7.79. The van der Waals surface area contributed by atoms with Crippen LogP contribution in [0.3, 0.4) is 0 Å². The Kier molecular flexibility index (Phi) is 4.39. The van der Waals surface area contributed by atoms with Crippen molar-refractivity contribution in [2.45, 2.75) is 25.4 Å². The Morgan fingerprint density at radius 2 is 1.95 bits per heavy atom. The van der Waals surface area contributed by atoms with E-state index in [4.69, 9.17) is 27.9 Å². The molecule has 0 amide bonds. The Morgan fingerprint density at radius 1 is 1.14 bits per heavy atom. The highest BCUT2D eigenvalue weighted by Gasteiger charge is 2.21. The molecule has 3 rings (SSSR count). The molecule has 1 aliphatic rings. The maximum Gasteiger partial charge on any atom is 0.119 e. The Labute approximate surface area is 135 Å². The summed E-state index contributed by atoms with van der Waals surface area (Å²) in [5.74, 6) is 0.851. The molecule has 4 heteroatoms. The second-order valence-corrected chi connectivity index (χ2v) is 6.06. The van der Waals surface area contributed by atoms with E-state index >= 15 is 0 Å². The number of halogens is 2. The van der Waals surface area contributed by atoms with E-state index in [9.17, 15) is 0 Å². The first kappa shape index (κ1) is 14.7. The Bertz CT molecular complexity index is 653. The average molecular weight is 322 g/mol. The molecule has 0 aromatic heterocycles. The van der Waals surface area contributed by atoms with Crippen molar-refractivity contribution in [3.05, 3.63) is 52.0 Å². The van der Waals surface area contributed by atoms with Gasteiger partial charge in [-0.3, -0.25) is 0 Å². The largest absolute Gasteiger partial charge is 0.497 e. The van der Waals surface area contributed by atoms with Crippen molar-refractivity contribution in [2.75, 3.05) is 7.11 Å². The van der Waals surface area contributed by atoms with Crippen molar-refractivity contribution >= 4 is 23.2 Å². The lowest BCUT2D eigenvalue weighted by Gasteiger charge is -2.14. The predicted molar refractivity (Wildman–Crippen MR) is 88.3 cm³/mol. The monoisotopic (exact) mass is 321 g/mol. The molecule has 2 aromatic rings. The summed E-state index contributed by atoms with van der Waals surface area (Å²) < 4.78 is 5.34. The van der Waals surface area contributed by atoms with Gasteiger partial charge in [-0.1, -0.05) is 41.4 Å². The molecule has 1 saturated carbocycles. The summed E-state index contributed by atoms with van der Waals surface area (Å²) in [6, 6.07) is 12.4. The second kappa shape index (κ2) is 6.27. The van der Waals surface area contributed by atoms with Crippen LogP contribution in [0.1, 0.15) is 18.4 Å². The van der Waals surface area contributed by atoms with Gasteiger partial charge in [0.25, 0.3) is 0 Å². The van der Waals surface area contributed by atoms with Crippen molar-refractivity contribution in [2.24, 2.45) is 0 Å². The molecule has 0 saturated heterocycles. The summed E-state index contributed by atoms with van der Waals surface area (Å²) in [6.07, 6.45) is 2.52. The maximum atomic E-state index is 6.36. The van der Waals surface area contributed by atoms with Crippen LogP contribution in [-0.2, 0) is 6.54 Å². The standard InChI is InChI=1S/C17H17Cl2NO/c1-21-13-7-8-14(11(9-13)10-20-12-5-6-12)15-3-2-4-16(18)17(15)19/h2-4,7-9,12,20H,5-6,10H2,1H3. The fourth-order valence-electron chi connectivity index (χ4n) is 2.36. The van der Waals surface area contributed by atoms with Crippen LogP contribution in [0.15, 0.2) is 36.4 Å². The third-order valence-electron chi connectivity index (χ3n) is 3.71. The molecule has 0 heterocycles. The van der Waals surface area contributed by atoms with E-state index < -0.39 is 0 Å². The van der Waals surface area contributed by atoms with E-state index in [0.29, 0.717) is 16.1 Å². The van der Waals surface area contributed by atoms with E-state index in [1.807, 2.05) is 24.3 Å². The first-order valence-electron chi connectivity index (χ1n) is 7.03. The van der Waals surface area contributed by atoms with Crippen molar-refractivity contribution in [3.8, 4) is 16.9 Å². The smallest absolute Gasteiger partial charge is 0.119 e. The molecule has 1 aliphatic carbocycles. The highest BCUT2D eigenvalue weighted by atomic mass is 35.5. The van der Waals surface area contributed by atoms with Gasteiger partial charge in [-0.05, 0) is 42.2 Å². The van der Waals surface area contributed by atoms with Crippen molar-refractivity contribution in [3.63, 3.8) is 0 Å². The van der Waals surface area contributed by atoms with E-state index in [-0.39, 0.29) is 0 Å². The normalized spacial score (nSPS) is 14.2. The number of hydrogen-bond donors (Lipinski definition) is 1. The number of nitrogens with one attached hydrogen (secondary N) is 1. The fourth-order valence-corrected chi connectivity index (χ4v) is 2.76. The summed E-state index contributed by atoms with van der Waals surface area (Å²) in [6.45, 7) is 0.806. The van der Waals surface area contributed by atoms with Crippen LogP contribution in [-0.4, -0.2) is 13.2 Å². The van der Waals surface area contributed by atoms with Crippen molar-refractivity contribution in [1.82, 2.24) is 5.32 Å². The van der Waals surface area contributed by atoms with Gasteiger partial charge in [-0.15, -0.1) is 0 Å². The minimum atomic E-state index is 0.575. The Morgan fingerprint density at radius 3 is 2.67 bits per heavy atom. The lowest BCUT2D eigenvalue weighted by atomic mass is 9.99. The van der Waals surface area contributed by atoms with E-state index in [0.717, 1.165) is 23.4 Å². The highest BCUT2D eigenvalue weighted by molar-refractivity contribution is 6.43. The highest BCUT2D eigenvalue weighted by Crippen LogP contribution is 2.36. The topological polar surface area (TPSA) is 21.3 Å². The summed E-state index contributed by atoms with van der Waals surface area (Å²) in [5, 5.41) is 4.71. The van der Waals surface area contributed by atoms with E-state index in [1.165, 1.54) is 18.4 Å². The van der Waals surface area contributed by atoms with Gasteiger partial charge < -0.3 is 10.1 Å². The number of ether oxygens (including phenoxy) is 1. The predicted octanol–water partition coefficient (Wildman–Crippen LogP) is 4.92. The Balaban J connectivity index is 2.00. The summed E-state index contributed by atoms with van der Waals surface area (Å²) >= 11 is 12.5. The molecule has 0 spiro atoms. The average Bonchev–Trinajstić information content (AvgIpc) is 3.32. The van der Waals surface area contributed by atoms with Gasteiger partial charge in [0.2, 0.25) is 0 Å². The zero-order valence-electron chi connectivity index (χ0n) is 11.8. The van der Waals surface area contributed by atoms with Gasteiger partial charge >= 0.3 is 0 Å². The molecule has 0 atom stereocenters. The zero-order chi connectivity index (χ0) is 14.8. The molecule has 1 N–H and O–H groups in total. The van der Waals surface area contributed by atoms with Gasteiger partial charge in [-0.2, -0.15) is 0 Å². The van der Waals surface area contributed by atoms with Gasteiger partial charge in [0.15, 0.2) is 0 Å². The SMILES string of the molecule is COc1ccc(-c2cccc(Cl)c2Cl)c(CNC2CC2)c1. The lowest BCUT2D eigenvalue weighted by Crippen LogP contribution is -2.16. The zero-order valence-corrected chi connectivity index (χ0v) is 13.3. The van der Waals surface area contributed by atoms with Crippen LogP contribution in [0.5, 0.6) is 5.75 Å². The summed E-state index contributed by atoms with van der Waals surface area (Å²) in [7, 11) is 1.68. The molecule has 21 heavy (non-hydrogen) atoms. The number of methoxy groups -OCH3 is 1. The molecule has 0 bridgehead atoms. The van der Waals surface area contributed by atoms with Crippen molar-refractivity contribution < 1.29 is 4.74 Å². The molecule has 1 fully saturated rings. The lowest BCUT2D eigenvalue weighted by molar-refractivity contribution is 0.414. The van der Waals surface area contributed by atoms with Crippen molar-refractivity contribution in [1.29, 1.82) is 0 Å². The van der Waals surface area contributed by atoms with E-state index in [2.05, 4.69) is 11.4 Å². The van der Waals surface area contributed by atoms with Crippen LogP contribution >= 0.6 is 23.2 Å². The molecular weight excluding hydrogens is 305 g/mol. The van der Waals surface area contributed by atoms with Crippen LogP contribution in [0.4, 0.5) is 0 Å². The van der Waals surface area contributed by atoms with Gasteiger partial charge in [0.1, 0.15) is 5.75 Å². The van der Waals surface area contributed by atoms with Crippen LogP contribution in [0.2, 0.25) is 10.0 Å². The number of hydrogen-bond acceptors (Lipinski definition) is 2. The van der Waals surface area contributed by atoms with Crippen LogP contribution < -0.4 is 10.1 Å². The maximum absolute atomic E-state index is 6.36. The van der Waals surface area contributed by atoms with Gasteiger partial charge in [0, 0.05) is 18.2 Å². The third kappa shape index (κ3) is 3.34. The molecule has 0 unspecified atom stereocenters. The third-order valence-corrected chi connectivity index (χ3v) is 4.53. The minimum Gasteiger partial charge on any atom is -0.497 e. The molecule has 110 valence electrons. The summed E-state index contributed by atoms with van der Waals surface area (Å²) in [4.78, 5) is 0. The van der Waals surface area contributed by atoms with Crippen LogP contribution in [0.25, 0.3) is 11.1 Å². The van der Waals surface area contributed by atoms with E-state index in [1.54, 1.807) is 13.2 Å². The quantitative estimate of drug-likeness (QED) is 0.843. The molecular formula is C17H17Cl2NO. The summed E-state index contributed by atoms with van der Waals surface area (Å²) in [5.41, 5.74) is 3.22. The number of benzene rings is 2. The first-order chi connectivity index (χ1) is 10.2. The molecule has 0 radical (unpaired) electrons. The minimum absolute atomic E-state index is 0.575. The fraction of sp³-hybridized carbons (Fsp3) is 0.294. The van der Waals surface area contributed by atoms with Gasteiger partial charge in [-0.25, -0.2) is 0 Å². The van der Waals surface area contributed by atoms with Gasteiger partial charge in [0.05, 0.1) is 17.2 Å². The number of rotatable bonds is 5. The van der Waals surface area contributed by atoms with Crippen LogP contribution in [0, 0.1) is 0 Å². The Hall–Kier alpha value is -1.22. The molecule has 2 nitrogen and oxygen atoms in total. The molecule has 2 aromatic carbocycles. The second-order valence-electron chi connectivity index (χ2n) is 5.28.